The molecule has 0 atom stereocenters. The molecule has 0 saturated heterocycles. The molecular formula is C73H67Cl4F2N5O15. The summed E-state index contributed by atoms with van der Waals surface area (Å²) in [5.41, 5.74) is 5.73. The van der Waals surface area contributed by atoms with Gasteiger partial charge in [0.05, 0.1) is 53.2 Å². The molecule has 4 aromatic carbocycles. The van der Waals surface area contributed by atoms with Crippen LogP contribution in [0.15, 0.2) is 116 Å². The van der Waals surface area contributed by atoms with Crippen LogP contribution in [0, 0.1) is 24.0 Å². The average Bonchev–Trinajstić information content (AvgIpc) is 1.74. The van der Waals surface area contributed by atoms with Crippen molar-refractivity contribution in [3.05, 3.63) is 149 Å². The van der Waals surface area contributed by atoms with Crippen LogP contribution < -0.4 is 34.0 Å². The number of anilines is 5. The number of ether oxygens (including phenoxy) is 4. The highest BCUT2D eigenvalue weighted by Crippen LogP contribution is 2.44. The van der Waals surface area contributed by atoms with Crippen molar-refractivity contribution < 1.29 is 80.5 Å². The van der Waals surface area contributed by atoms with Gasteiger partial charge in [-0.1, -0.05) is 72.1 Å². The summed E-state index contributed by atoms with van der Waals surface area (Å²) in [5.74, 6) is -3.53. The second-order valence-corrected chi connectivity index (χ2v) is 25.7. The zero-order valence-corrected chi connectivity index (χ0v) is 57.1. The molecular weight excluding hydrogens is 1370 g/mol. The molecule has 9 amide bonds. The first-order chi connectivity index (χ1) is 47.6. The van der Waals surface area contributed by atoms with E-state index in [-0.39, 0.29) is 87.9 Å². The number of fused-ring (bicyclic) bond motifs is 1. The summed E-state index contributed by atoms with van der Waals surface area (Å²) in [4.78, 5) is 141. The topological polar surface area (TPSA) is 241 Å². The molecule has 5 aliphatic heterocycles. The second kappa shape index (κ2) is 32.2. The molecule has 26 heteroatoms. The molecule has 20 nitrogen and oxygen atoms in total. The zero-order valence-electron chi connectivity index (χ0n) is 54.1. The number of nitrogens with zero attached hydrogens (tertiary/aromatic N) is 5. The monoisotopic (exact) mass is 1430 g/mol. The number of hydrogen-bond donors (Lipinski definition) is 0. The van der Waals surface area contributed by atoms with Gasteiger partial charge < -0.3 is 18.9 Å². The number of terminal acetylenes is 1. The zero-order chi connectivity index (χ0) is 70.9. The number of unbranched alkanes of at least 4 members (excludes halogenated alkanes) is 2. The lowest BCUT2D eigenvalue weighted by molar-refractivity contribution is -0.146. The van der Waals surface area contributed by atoms with Crippen molar-refractivity contribution in [1.82, 2.24) is 0 Å². The average molecular weight is 1430 g/mol. The third-order valence-corrected chi connectivity index (χ3v) is 18.9. The van der Waals surface area contributed by atoms with E-state index in [1.165, 1.54) is 32.9 Å². The number of hydrogen-bond acceptors (Lipinski definition) is 15. The van der Waals surface area contributed by atoms with Crippen LogP contribution in [0.2, 0.25) is 15.1 Å². The van der Waals surface area contributed by atoms with E-state index in [4.69, 9.17) is 71.8 Å². The Labute approximate surface area is 589 Å². The number of carbonyl (C=O) groups excluding carboxylic acids is 11. The fourth-order valence-corrected chi connectivity index (χ4v) is 13.5. The largest absolute Gasteiger partial charge is 0.481 e. The number of imide groups is 4. The van der Waals surface area contributed by atoms with Crippen LogP contribution in [-0.4, -0.2) is 98.1 Å². The van der Waals surface area contributed by atoms with Crippen LogP contribution in [0.3, 0.4) is 0 Å². The molecule has 0 spiro atoms. The molecule has 0 aromatic heterocycles. The lowest BCUT2D eigenvalue weighted by Gasteiger charge is -2.29. The summed E-state index contributed by atoms with van der Waals surface area (Å²) in [7, 11) is 0. The lowest BCUT2D eigenvalue weighted by atomic mass is 9.93. The van der Waals surface area contributed by atoms with E-state index in [1.807, 2.05) is 6.92 Å². The van der Waals surface area contributed by atoms with Crippen LogP contribution >= 0.6 is 46.4 Å². The van der Waals surface area contributed by atoms with Crippen LogP contribution in [0.5, 0.6) is 11.5 Å². The van der Waals surface area contributed by atoms with Crippen LogP contribution in [-0.2, 0) is 62.2 Å². The highest BCUT2D eigenvalue weighted by atomic mass is 35.5. The van der Waals surface area contributed by atoms with E-state index in [0.29, 0.717) is 117 Å². The number of amides is 9. The molecule has 516 valence electrons. The van der Waals surface area contributed by atoms with E-state index in [2.05, 4.69) is 5.92 Å². The molecule has 5 heterocycles. The maximum Gasteiger partial charge on any atom is 0.349 e. The number of rotatable bonds is 15. The van der Waals surface area contributed by atoms with Gasteiger partial charge in [0, 0.05) is 66.8 Å². The number of carbonyl (C=O) groups is 11. The first-order valence-electron chi connectivity index (χ1n) is 32.6. The Morgan fingerprint density at radius 3 is 1.45 bits per heavy atom. The summed E-state index contributed by atoms with van der Waals surface area (Å²) < 4.78 is 49.7. The third kappa shape index (κ3) is 15.5. The van der Waals surface area contributed by atoms with Gasteiger partial charge in [-0.25, -0.2) is 38.0 Å². The van der Waals surface area contributed by atoms with Crippen LogP contribution in [0.1, 0.15) is 141 Å². The minimum Gasteiger partial charge on any atom is -0.481 e. The third-order valence-electron chi connectivity index (χ3n) is 17.7. The fraction of sp³-hybridized carbons (Fsp3) is 0.356. The second-order valence-electron chi connectivity index (χ2n) is 24.0. The number of benzene rings is 4. The standard InChI is InChI=1S/C21H23ClFNO5.C19H17Cl2NO4.C19H15FN2O4.C14H12ClNO2/c1-2-3-6-9-28-19(25)12-29-18-11-17(16(23)10-15(18)22)24-20(26)13-7-4-5-8-14(13)21(24)27;1-2-26-19(25)16(21)10-11-9-12(7-8-15(11)20)22-17(23)13-5-3-4-6-14(13)18(22)24;1-2-7-21-15-9-14(13(20)8-16(15)26-10-17(21)23)22-18(24)11-5-3-4-6-12(11)19(22)25;15-9-5-7-10(8-6-9)16-13(17)11-3-1-2-4-12(11)14(16)18/h10-11H,2-9,12H2,1H3;7-10H,2-6H2,1H3;1,8-9H,3-7,10H2;5-8H,1-4H2/b;16-10+;;. The van der Waals surface area contributed by atoms with E-state index in [1.54, 1.807) is 49.4 Å². The normalized spacial score (nSPS) is 18.0. The summed E-state index contributed by atoms with van der Waals surface area (Å²) in [6.45, 7) is 3.54. The Morgan fingerprint density at radius 1 is 0.545 bits per heavy atom. The van der Waals surface area contributed by atoms with E-state index < -0.39 is 53.8 Å². The minimum absolute atomic E-state index is 0.000883. The van der Waals surface area contributed by atoms with Gasteiger partial charge in [0.2, 0.25) is 0 Å². The molecule has 4 aromatic rings. The van der Waals surface area contributed by atoms with Gasteiger partial charge in [0.1, 0.15) is 22.3 Å². The van der Waals surface area contributed by atoms with Crippen molar-refractivity contribution in [2.24, 2.45) is 0 Å². The Bertz CT molecular complexity index is 4170. The van der Waals surface area contributed by atoms with Gasteiger partial charge in [0.25, 0.3) is 53.2 Å². The molecule has 0 unspecified atom stereocenters. The van der Waals surface area contributed by atoms with Crippen LogP contribution in [0.25, 0.3) is 6.08 Å². The quantitative estimate of drug-likeness (QED) is 0.0353. The molecule has 0 radical (unpaired) electrons. The first kappa shape index (κ1) is 72.5. The van der Waals surface area contributed by atoms with E-state index in [0.717, 1.165) is 105 Å². The molecule has 9 aliphatic rings. The first-order valence-corrected chi connectivity index (χ1v) is 34.1. The van der Waals surface area contributed by atoms with Gasteiger partial charge in [-0.05, 0) is 182 Å². The van der Waals surface area contributed by atoms with Crippen molar-refractivity contribution in [2.75, 3.05) is 57.5 Å². The van der Waals surface area contributed by atoms with Crippen molar-refractivity contribution in [3.8, 4) is 23.8 Å². The van der Waals surface area contributed by atoms with Crippen molar-refractivity contribution in [2.45, 2.75) is 136 Å². The van der Waals surface area contributed by atoms with Crippen LogP contribution in [0.4, 0.5) is 37.2 Å². The SMILES string of the molecule is C#CCN1C(=O)COc2cc(F)c(N3C(=O)C4=C(CCCC4)C3=O)cc21.CCCCCOC(=O)COc1cc(N2C(=O)C3=C(CCCC3)C2=O)c(F)cc1Cl.CCOC(=O)/C(Cl)=C\c1cc(N2C(=O)C3=C(CCCC3)C2=O)ccc1Cl.O=C1C2=C(CCCC2)C(=O)N1c1ccc(Cl)cc1. The molecule has 0 N–H and O–H groups in total. The number of esters is 2. The van der Waals surface area contributed by atoms with Crippen molar-refractivity contribution >= 4 is 146 Å². The van der Waals surface area contributed by atoms with Gasteiger partial charge >= 0.3 is 11.9 Å². The molecule has 0 fully saturated rings. The van der Waals surface area contributed by atoms with E-state index >= 15 is 0 Å². The molecule has 4 aliphatic carbocycles. The summed E-state index contributed by atoms with van der Waals surface area (Å²) in [6, 6.07) is 16.0. The Balaban J connectivity index is 0.000000144. The Hall–Kier alpha value is -9.27. The van der Waals surface area contributed by atoms with E-state index in [9.17, 15) is 61.5 Å². The highest BCUT2D eigenvalue weighted by Gasteiger charge is 2.45. The Kier molecular flexibility index (Phi) is 23.5. The maximum absolute atomic E-state index is 14.7. The van der Waals surface area contributed by atoms with Crippen molar-refractivity contribution in [3.63, 3.8) is 0 Å². The Morgan fingerprint density at radius 2 is 0.990 bits per heavy atom. The van der Waals surface area contributed by atoms with Gasteiger partial charge in [-0.2, -0.15) is 0 Å². The predicted octanol–water partition coefficient (Wildman–Crippen LogP) is 13.6. The summed E-state index contributed by atoms with van der Waals surface area (Å²) in [6.07, 6.45) is 21.3. The summed E-state index contributed by atoms with van der Waals surface area (Å²) in [5, 5.41) is 0.729. The van der Waals surface area contributed by atoms with Gasteiger partial charge in [-0.3, -0.25) is 48.1 Å². The predicted molar refractivity (Wildman–Crippen MR) is 366 cm³/mol. The minimum atomic E-state index is -0.814. The summed E-state index contributed by atoms with van der Waals surface area (Å²) >= 11 is 24.0. The van der Waals surface area contributed by atoms with Crippen molar-refractivity contribution in [1.29, 1.82) is 0 Å². The van der Waals surface area contributed by atoms with Gasteiger partial charge in [-0.15, -0.1) is 6.42 Å². The lowest BCUT2D eigenvalue weighted by Crippen LogP contribution is -2.39. The van der Waals surface area contributed by atoms with Gasteiger partial charge in [0.15, 0.2) is 19.0 Å². The molecule has 13 rings (SSSR count). The number of halogens is 6. The fourth-order valence-electron chi connectivity index (χ4n) is 12.8. The molecule has 0 saturated carbocycles. The molecule has 99 heavy (non-hydrogen) atoms. The molecule has 0 bridgehead atoms. The highest BCUT2D eigenvalue weighted by molar-refractivity contribution is 6.44. The smallest absolute Gasteiger partial charge is 0.349 e. The maximum atomic E-state index is 14.7.